The van der Waals surface area contributed by atoms with Crippen molar-refractivity contribution in [3.63, 3.8) is 0 Å². The van der Waals surface area contributed by atoms with E-state index in [1.54, 1.807) is 35.9 Å². The van der Waals surface area contributed by atoms with Gasteiger partial charge in [-0.05, 0) is 12.1 Å². The van der Waals surface area contributed by atoms with Crippen LogP contribution in [0.25, 0.3) is 0 Å². The second-order valence-electron chi connectivity index (χ2n) is 5.08. The van der Waals surface area contributed by atoms with E-state index in [4.69, 9.17) is 0 Å². The van der Waals surface area contributed by atoms with Gasteiger partial charge in [-0.2, -0.15) is 21.2 Å². The van der Waals surface area contributed by atoms with Crippen molar-refractivity contribution in [1.29, 1.82) is 0 Å². The zero-order valence-corrected chi connectivity index (χ0v) is 13.6. The summed E-state index contributed by atoms with van der Waals surface area (Å²) in [4.78, 5) is -0.268. The molecule has 0 radical (unpaired) electrons. The summed E-state index contributed by atoms with van der Waals surface area (Å²) >= 11 is 1.69. The van der Waals surface area contributed by atoms with E-state index in [1.807, 2.05) is 0 Å². The first-order valence-corrected chi connectivity index (χ1v) is 9.42. The molecule has 1 atom stereocenters. The third-order valence-corrected chi connectivity index (χ3v) is 6.58. The number of halogens is 1. The number of benzene rings is 1. The topological polar surface area (TPSA) is 55.2 Å². The van der Waals surface area contributed by atoms with Crippen molar-refractivity contribution in [2.75, 3.05) is 18.1 Å². The number of thioether (sulfide) groups is 1. The molecular formula is C14H16FN3O2S2. The van der Waals surface area contributed by atoms with Crippen LogP contribution in [0.3, 0.4) is 0 Å². The van der Waals surface area contributed by atoms with Crippen LogP contribution in [0.1, 0.15) is 11.6 Å². The number of aryl methyl sites for hydroxylation is 1. The number of aromatic nitrogens is 2. The summed E-state index contributed by atoms with van der Waals surface area (Å²) in [5.74, 6) is 0.620. The van der Waals surface area contributed by atoms with Crippen LogP contribution in [0, 0.1) is 5.82 Å². The van der Waals surface area contributed by atoms with Crippen LogP contribution in [0.5, 0.6) is 0 Å². The van der Waals surface area contributed by atoms with Gasteiger partial charge in [0.15, 0.2) is 0 Å². The van der Waals surface area contributed by atoms with Gasteiger partial charge in [-0.3, -0.25) is 4.68 Å². The summed E-state index contributed by atoms with van der Waals surface area (Å²) in [6.45, 7) is 0.362. The number of hydrogen-bond donors (Lipinski definition) is 0. The van der Waals surface area contributed by atoms with Crippen molar-refractivity contribution in [2.45, 2.75) is 10.9 Å². The maximum Gasteiger partial charge on any atom is 0.246 e. The van der Waals surface area contributed by atoms with E-state index in [1.165, 1.54) is 28.6 Å². The molecule has 0 aliphatic carbocycles. The molecule has 118 valence electrons. The van der Waals surface area contributed by atoms with Crippen molar-refractivity contribution in [3.8, 4) is 0 Å². The first-order chi connectivity index (χ1) is 10.5. The van der Waals surface area contributed by atoms with Crippen LogP contribution < -0.4 is 0 Å². The highest BCUT2D eigenvalue weighted by Gasteiger charge is 2.36. The standard InChI is InChI=1S/C14H16FN3O2S2/c1-17-9-11(8-16-17)13-10-21-7-6-18(13)22(19,20)14-5-3-2-4-12(14)15/h2-5,8-9,13H,6-7,10H2,1H3/t13-/m1/s1. The number of nitrogens with zero attached hydrogens (tertiary/aromatic N) is 3. The molecule has 1 aromatic heterocycles. The Kier molecular flexibility index (Phi) is 4.24. The molecular weight excluding hydrogens is 325 g/mol. The average Bonchev–Trinajstić information content (AvgIpc) is 2.94. The summed E-state index contributed by atoms with van der Waals surface area (Å²) in [6.07, 6.45) is 3.47. The highest BCUT2D eigenvalue weighted by Crippen LogP contribution is 2.34. The summed E-state index contributed by atoms with van der Waals surface area (Å²) < 4.78 is 42.7. The largest absolute Gasteiger partial charge is 0.275 e. The highest BCUT2D eigenvalue weighted by atomic mass is 32.2. The molecule has 0 bridgehead atoms. The van der Waals surface area contributed by atoms with Gasteiger partial charge in [0, 0.05) is 36.9 Å². The number of hydrogen-bond acceptors (Lipinski definition) is 4. The van der Waals surface area contributed by atoms with Gasteiger partial charge in [-0.15, -0.1) is 0 Å². The molecule has 3 rings (SSSR count). The Hall–Kier alpha value is -1.38. The lowest BCUT2D eigenvalue weighted by Gasteiger charge is -2.33. The van der Waals surface area contributed by atoms with Crippen molar-refractivity contribution in [2.24, 2.45) is 7.05 Å². The van der Waals surface area contributed by atoms with E-state index in [9.17, 15) is 12.8 Å². The predicted octanol–water partition coefficient (Wildman–Crippen LogP) is 2.04. The lowest BCUT2D eigenvalue weighted by molar-refractivity contribution is 0.353. The lowest BCUT2D eigenvalue weighted by atomic mass is 10.2. The number of rotatable bonds is 3. The molecule has 1 saturated heterocycles. The van der Waals surface area contributed by atoms with Crippen molar-refractivity contribution < 1.29 is 12.8 Å². The van der Waals surface area contributed by atoms with Gasteiger partial charge in [0.2, 0.25) is 10.0 Å². The van der Waals surface area contributed by atoms with Crippen molar-refractivity contribution >= 4 is 21.8 Å². The van der Waals surface area contributed by atoms with E-state index in [2.05, 4.69) is 5.10 Å². The fourth-order valence-corrected chi connectivity index (χ4v) is 5.51. The maximum absolute atomic E-state index is 13.9. The maximum atomic E-state index is 13.9. The molecule has 0 spiro atoms. The molecule has 1 aliphatic rings. The molecule has 0 N–H and O–H groups in total. The van der Waals surface area contributed by atoms with Crippen LogP contribution in [0.4, 0.5) is 4.39 Å². The lowest BCUT2D eigenvalue weighted by Crippen LogP contribution is -2.40. The fraction of sp³-hybridized carbons (Fsp3) is 0.357. The van der Waals surface area contributed by atoms with Gasteiger partial charge >= 0.3 is 0 Å². The van der Waals surface area contributed by atoms with Gasteiger partial charge in [0.05, 0.1) is 12.2 Å². The zero-order chi connectivity index (χ0) is 15.7. The van der Waals surface area contributed by atoms with Crippen LogP contribution in [-0.2, 0) is 17.1 Å². The fourth-order valence-electron chi connectivity index (χ4n) is 2.53. The van der Waals surface area contributed by atoms with Gasteiger partial charge in [-0.25, -0.2) is 12.8 Å². The normalized spacial score (nSPS) is 20.2. The molecule has 22 heavy (non-hydrogen) atoms. The van der Waals surface area contributed by atoms with Gasteiger partial charge in [0.1, 0.15) is 10.7 Å². The molecule has 2 heterocycles. The Labute approximate surface area is 133 Å². The predicted molar refractivity (Wildman–Crippen MR) is 83.6 cm³/mol. The average molecular weight is 341 g/mol. The quantitative estimate of drug-likeness (QED) is 0.857. The van der Waals surface area contributed by atoms with Gasteiger partial charge in [0.25, 0.3) is 0 Å². The van der Waals surface area contributed by atoms with E-state index in [-0.39, 0.29) is 10.9 Å². The Balaban J connectivity index is 2.02. The van der Waals surface area contributed by atoms with Gasteiger partial charge in [-0.1, -0.05) is 12.1 Å². The second kappa shape index (κ2) is 6.02. The Morgan fingerprint density at radius 3 is 2.82 bits per heavy atom. The Morgan fingerprint density at radius 2 is 2.14 bits per heavy atom. The molecule has 1 fully saturated rings. The van der Waals surface area contributed by atoms with Crippen LogP contribution in [0.15, 0.2) is 41.6 Å². The minimum atomic E-state index is -3.87. The zero-order valence-electron chi connectivity index (χ0n) is 12.0. The van der Waals surface area contributed by atoms with E-state index >= 15 is 0 Å². The Morgan fingerprint density at radius 1 is 1.36 bits per heavy atom. The number of sulfonamides is 1. The van der Waals surface area contributed by atoms with Crippen molar-refractivity contribution in [3.05, 3.63) is 48.0 Å². The minimum absolute atomic E-state index is 0.268. The smallest absolute Gasteiger partial charge is 0.246 e. The summed E-state index contributed by atoms with van der Waals surface area (Å²) in [5.41, 5.74) is 0.828. The summed E-state index contributed by atoms with van der Waals surface area (Å²) in [5, 5.41) is 4.11. The SMILES string of the molecule is Cn1cc([C@H]2CSCCN2S(=O)(=O)c2ccccc2F)cn1. The Bertz CT molecular complexity index is 776. The second-order valence-corrected chi connectivity index (χ2v) is 8.09. The molecule has 5 nitrogen and oxygen atoms in total. The molecule has 0 unspecified atom stereocenters. The summed E-state index contributed by atoms with van der Waals surface area (Å²) in [7, 11) is -2.09. The third-order valence-electron chi connectivity index (χ3n) is 3.61. The molecule has 8 heteroatoms. The van der Waals surface area contributed by atoms with E-state index in [0.717, 1.165) is 5.56 Å². The molecule has 0 amide bonds. The van der Waals surface area contributed by atoms with Crippen LogP contribution in [-0.4, -0.2) is 40.6 Å². The molecule has 1 aliphatic heterocycles. The summed E-state index contributed by atoms with van der Waals surface area (Å²) in [6, 6.07) is 5.18. The van der Waals surface area contributed by atoms with Crippen LogP contribution in [0.2, 0.25) is 0 Å². The van der Waals surface area contributed by atoms with E-state index in [0.29, 0.717) is 18.1 Å². The van der Waals surface area contributed by atoms with Gasteiger partial charge < -0.3 is 0 Å². The van der Waals surface area contributed by atoms with E-state index < -0.39 is 15.8 Å². The monoisotopic (exact) mass is 341 g/mol. The third kappa shape index (κ3) is 2.78. The molecule has 2 aromatic rings. The molecule has 0 saturated carbocycles. The minimum Gasteiger partial charge on any atom is -0.275 e. The van der Waals surface area contributed by atoms with Crippen LogP contribution >= 0.6 is 11.8 Å². The highest BCUT2D eigenvalue weighted by molar-refractivity contribution is 7.99. The first-order valence-electron chi connectivity index (χ1n) is 6.83. The molecule has 1 aromatic carbocycles. The first kappa shape index (κ1) is 15.5. The van der Waals surface area contributed by atoms with Crippen molar-refractivity contribution in [1.82, 2.24) is 14.1 Å².